The largest absolute Gasteiger partial charge is 0.481 e. The smallest absolute Gasteiger partial charge is 0.310 e. The van der Waals surface area contributed by atoms with Gasteiger partial charge in [-0.3, -0.25) is 9.59 Å². The molecule has 0 aliphatic heterocycles. The second-order valence-electron chi connectivity index (χ2n) is 3.73. The molecule has 0 amide bonds. The molecule has 0 unspecified atom stereocenters. The Morgan fingerprint density at radius 2 is 1.62 bits per heavy atom. The Bertz CT molecular complexity index is 190. The number of carbonyl (C=O) groups excluding carboxylic acids is 1. The first kappa shape index (κ1) is 10.2. The van der Waals surface area contributed by atoms with E-state index in [1.807, 2.05) is 0 Å². The van der Waals surface area contributed by atoms with E-state index in [-0.39, 0.29) is 18.1 Å². The fraction of sp³-hybridized carbons (Fsp3) is 0.800. The van der Waals surface area contributed by atoms with Gasteiger partial charge in [0, 0.05) is 5.92 Å². The van der Waals surface area contributed by atoms with Crippen LogP contribution in [0.25, 0.3) is 0 Å². The molecule has 0 radical (unpaired) electrons. The van der Waals surface area contributed by atoms with E-state index in [0.29, 0.717) is 0 Å². The summed E-state index contributed by atoms with van der Waals surface area (Å²) in [5.41, 5.74) is 0. The van der Waals surface area contributed by atoms with Crippen LogP contribution in [0.4, 0.5) is 0 Å². The molecule has 3 nitrogen and oxygen atoms in total. The highest BCUT2D eigenvalue weighted by Crippen LogP contribution is 2.24. The van der Waals surface area contributed by atoms with E-state index in [1.54, 1.807) is 0 Å². The van der Waals surface area contributed by atoms with Crippen molar-refractivity contribution in [1.82, 2.24) is 0 Å². The Kier molecular flexibility index (Phi) is 3.93. The van der Waals surface area contributed by atoms with E-state index in [1.165, 1.54) is 12.8 Å². The van der Waals surface area contributed by atoms with E-state index in [2.05, 4.69) is 0 Å². The number of aliphatic carboxylic acids is 1. The molecule has 1 saturated carbocycles. The predicted octanol–water partition coefficient (Wildman–Crippen LogP) is 2.00. The van der Waals surface area contributed by atoms with Crippen molar-refractivity contribution in [2.45, 2.75) is 44.9 Å². The Labute approximate surface area is 78.1 Å². The van der Waals surface area contributed by atoms with Crippen molar-refractivity contribution >= 4 is 11.8 Å². The third kappa shape index (κ3) is 3.57. The molecule has 1 N–H and O–H groups in total. The lowest BCUT2D eigenvalue weighted by Gasteiger charge is -2.10. The molecule has 3 heteroatoms. The monoisotopic (exact) mass is 184 g/mol. The third-order valence-electron chi connectivity index (χ3n) is 2.64. The maximum absolute atomic E-state index is 11.4. The lowest BCUT2D eigenvalue weighted by atomic mass is 9.94. The molecule has 0 aromatic heterocycles. The molecule has 13 heavy (non-hydrogen) atoms. The van der Waals surface area contributed by atoms with Gasteiger partial charge in [0.15, 0.2) is 0 Å². The number of hydrogen-bond donors (Lipinski definition) is 1. The SMILES string of the molecule is O=C(O)CC(=O)C1CCCCCC1. The summed E-state index contributed by atoms with van der Waals surface area (Å²) in [5, 5.41) is 8.46. The van der Waals surface area contributed by atoms with E-state index >= 15 is 0 Å². The Morgan fingerprint density at radius 1 is 1.08 bits per heavy atom. The van der Waals surface area contributed by atoms with Gasteiger partial charge in [-0.05, 0) is 12.8 Å². The zero-order valence-corrected chi connectivity index (χ0v) is 7.79. The first-order chi connectivity index (χ1) is 6.20. The van der Waals surface area contributed by atoms with Crippen LogP contribution < -0.4 is 0 Å². The highest BCUT2D eigenvalue weighted by Gasteiger charge is 2.21. The van der Waals surface area contributed by atoms with Crippen molar-refractivity contribution < 1.29 is 14.7 Å². The lowest BCUT2D eigenvalue weighted by molar-refractivity contribution is -0.141. The normalized spacial score (nSPS) is 19.4. The summed E-state index contributed by atoms with van der Waals surface area (Å²) in [5.74, 6) is -1.04. The van der Waals surface area contributed by atoms with Gasteiger partial charge in [0.25, 0.3) is 0 Å². The predicted molar refractivity (Wildman–Crippen MR) is 48.5 cm³/mol. The molecule has 0 saturated heterocycles. The van der Waals surface area contributed by atoms with E-state index in [4.69, 9.17) is 5.11 Å². The van der Waals surface area contributed by atoms with Crippen LogP contribution in [0.1, 0.15) is 44.9 Å². The van der Waals surface area contributed by atoms with Crippen molar-refractivity contribution in [3.63, 3.8) is 0 Å². The number of rotatable bonds is 3. The van der Waals surface area contributed by atoms with Crippen LogP contribution in [-0.4, -0.2) is 16.9 Å². The number of carboxylic acids is 1. The molecule has 0 atom stereocenters. The Hall–Kier alpha value is -0.860. The van der Waals surface area contributed by atoms with Crippen LogP contribution in [-0.2, 0) is 9.59 Å². The first-order valence-electron chi connectivity index (χ1n) is 4.94. The summed E-state index contributed by atoms with van der Waals surface area (Å²) in [6, 6.07) is 0. The Morgan fingerprint density at radius 3 is 2.08 bits per heavy atom. The zero-order valence-electron chi connectivity index (χ0n) is 7.79. The van der Waals surface area contributed by atoms with Crippen molar-refractivity contribution in [2.75, 3.05) is 0 Å². The van der Waals surface area contributed by atoms with Crippen LogP contribution in [0.3, 0.4) is 0 Å². The molecule has 1 aliphatic rings. The van der Waals surface area contributed by atoms with Crippen LogP contribution in [0.2, 0.25) is 0 Å². The van der Waals surface area contributed by atoms with Gasteiger partial charge < -0.3 is 5.11 Å². The van der Waals surface area contributed by atoms with Crippen LogP contribution in [0.5, 0.6) is 0 Å². The second kappa shape index (κ2) is 5.00. The van der Waals surface area contributed by atoms with Crippen LogP contribution in [0, 0.1) is 5.92 Å². The Balaban J connectivity index is 2.39. The van der Waals surface area contributed by atoms with Gasteiger partial charge in [-0.15, -0.1) is 0 Å². The van der Waals surface area contributed by atoms with Crippen LogP contribution >= 0.6 is 0 Å². The van der Waals surface area contributed by atoms with Gasteiger partial charge in [0.05, 0.1) is 0 Å². The van der Waals surface area contributed by atoms with Crippen molar-refractivity contribution in [1.29, 1.82) is 0 Å². The van der Waals surface area contributed by atoms with Crippen molar-refractivity contribution in [3.05, 3.63) is 0 Å². The third-order valence-corrected chi connectivity index (χ3v) is 2.64. The standard InChI is InChI=1S/C10H16O3/c11-9(7-10(12)13)8-5-3-1-2-4-6-8/h8H,1-7H2,(H,12,13). The zero-order chi connectivity index (χ0) is 9.68. The summed E-state index contributed by atoms with van der Waals surface area (Å²) in [6.45, 7) is 0. The fourth-order valence-electron chi connectivity index (χ4n) is 1.89. The van der Waals surface area contributed by atoms with Gasteiger partial charge in [-0.25, -0.2) is 0 Å². The van der Waals surface area contributed by atoms with Crippen molar-refractivity contribution in [3.8, 4) is 0 Å². The summed E-state index contributed by atoms with van der Waals surface area (Å²) >= 11 is 0. The first-order valence-corrected chi connectivity index (χ1v) is 4.94. The molecule has 0 aromatic carbocycles. The van der Waals surface area contributed by atoms with E-state index in [0.717, 1.165) is 25.7 Å². The number of hydrogen-bond acceptors (Lipinski definition) is 2. The molecule has 74 valence electrons. The number of Topliss-reactive ketones (excluding diaryl/α,β-unsaturated/α-hetero) is 1. The molecule has 0 spiro atoms. The minimum atomic E-state index is -0.991. The fourth-order valence-corrected chi connectivity index (χ4v) is 1.89. The highest BCUT2D eigenvalue weighted by molar-refractivity contribution is 5.95. The van der Waals surface area contributed by atoms with Gasteiger partial charge in [0.1, 0.15) is 12.2 Å². The summed E-state index contributed by atoms with van der Waals surface area (Å²) in [7, 11) is 0. The van der Waals surface area contributed by atoms with Crippen molar-refractivity contribution in [2.24, 2.45) is 5.92 Å². The molecule has 1 fully saturated rings. The summed E-state index contributed by atoms with van der Waals surface area (Å²) in [4.78, 5) is 21.7. The van der Waals surface area contributed by atoms with Gasteiger partial charge in [0.2, 0.25) is 0 Å². The molecule has 0 heterocycles. The number of carboxylic acid groups (broad SMARTS) is 1. The van der Waals surface area contributed by atoms with Gasteiger partial charge >= 0.3 is 5.97 Å². The summed E-state index contributed by atoms with van der Waals surface area (Å²) in [6.07, 6.45) is 6.04. The average molecular weight is 184 g/mol. The molecule has 1 aliphatic carbocycles. The van der Waals surface area contributed by atoms with Gasteiger partial charge in [-0.2, -0.15) is 0 Å². The maximum atomic E-state index is 11.4. The average Bonchev–Trinajstić information content (AvgIpc) is 2.29. The number of carbonyl (C=O) groups is 2. The van der Waals surface area contributed by atoms with Gasteiger partial charge in [-0.1, -0.05) is 25.7 Å². The maximum Gasteiger partial charge on any atom is 0.310 e. The molecular formula is C10H16O3. The number of ketones is 1. The molecular weight excluding hydrogens is 168 g/mol. The second-order valence-corrected chi connectivity index (χ2v) is 3.73. The molecule has 0 bridgehead atoms. The quantitative estimate of drug-likeness (QED) is 0.539. The highest BCUT2D eigenvalue weighted by atomic mass is 16.4. The van der Waals surface area contributed by atoms with Crippen LogP contribution in [0.15, 0.2) is 0 Å². The van der Waals surface area contributed by atoms with E-state index < -0.39 is 5.97 Å². The molecule has 1 rings (SSSR count). The summed E-state index contributed by atoms with van der Waals surface area (Å²) < 4.78 is 0. The topological polar surface area (TPSA) is 54.4 Å². The van der Waals surface area contributed by atoms with E-state index in [9.17, 15) is 9.59 Å². The molecule has 0 aromatic rings. The lowest BCUT2D eigenvalue weighted by Crippen LogP contribution is -2.17. The minimum absolute atomic E-state index is 0.0265. The minimum Gasteiger partial charge on any atom is -0.481 e.